The fourth-order valence-electron chi connectivity index (χ4n) is 5.71. The Balaban J connectivity index is 4.19. The van der Waals surface area contributed by atoms with Crippen LogP contribution in [-0.4, -0.2) is 59.3 Å². The van der Waals surface area contributed by atoms with Gasteiger partial charge in [-0.2, -0.15) is 0 Å². The Morgan fingerprint density at radius 2 is 1.06 bits per heavy atom. The zero-order valence-electron chi connectivity index (χ0n) is 30.8. The van der Waals surface area contributed by atoms with E-state index in [9.17, 15) is 19.2 Å². The SMILES string of the molecule is CCCCCC/C=C\CCCCCCCC(=O)OC(CCCCCCCCC)CCCCCCCC(=O)NCC(=O)NC(CO)C(=O)O. The lowest BCUT2D eigenvalue weighted by atomic mass is 10.0. The van der Waals surface area contributed by atoms with Gasteiger partial charge in [-0.05, 0) is 64.2 Å². The van der Waals surface area contributed by atoms with Crippen molar-refractivity contribution in [2.45, 2.75) is 199 Å². The number of unbranched alkanes of at least 4 members (excludes halogenated alkanes) is 19. The molecule has 0 aliphatic rings. The second-order valence-corrected chi connectivity index (χ2v) is 13.4. The first-order chi connectivity index (χ1) is 23.3. The number of amides is 2. The number of carboxylic acids is 1. The Labute approximate surface area is 292 Å². The minimum atomic E-state index is -1.38. The Morgan fingerprint density at radius 3 is 1.58 bits per heavy atom. The Kier molecular flexibility index (Phi) is 32.7. The second kappa shape index (κ2) is 34.4. The molecular formula is C39H72N2O7. The van der Waals surface area contributed by atoms with Crippen molar-refractivity contribution >= 4 is 23.8 Å². The molecule has 0 fully saturated rings. The van der Waals surface area contributed by atoms with Gasteiger partial charge in [-0.25, -0.2) is 4.79 Å². The standard InChI is InChI=1S/C39H72N2O7/c1-3-5-7-9-11-12-13-14-15-16-18-23-27-31-38(45)48-34(28-24-20-17-10-8-6-4-2)29-25-21-19-22-26-30-36(43)40-32-37(44)41-35(33-42)39(46)47/h12-13,34-35,42H,3-11,14-33H2,1-2H3,(H,40,43)(H,41,44)(H,46,47)/b13-12-. The van der Waals surface area contributed by atoms with Crippen molar-refractivity contribution in [2.24, 2.45) is 0 Å². The summed E-state index contributed by atoms with van der Waals surface area (Å²) in [6, 6.07) is -1.38. The molecule has 4 N–H and O–H groups in total. The first-order valence-corrected chi connectivity index (χ1v) is 19.6. The molecule has 280 valence electrons. The Bertz CT molecular complexity index is 833. The van der Waals surface area contributed by atoms with E-state index in [0.717, 1.165) is 64.2 Å². The molecule has 9 heteroatoms. The number of carbonyl (C=O) groups excluding carboxylic acids is 3. The molecule has 2 amide bonds. The number of carboxylic acid groups (broad SMARTS) is 1. The molecule has 0 aromatic heterocycles. The summed E-state index contributed by atoms with van der Waals surface area (Å²) in [5, 5.41) is 22.5. The van der Waals surface area contributed by atoms with E-state index in [1.807, 2.05) is 0 Å². The summed E-state index contributed by atoms with van der Waals surface area (Å²) in [6.07, 6.45) is 33.8. The van der Waals surface area contributed by atoms with Crippen molar-refractivity contribution in [2.75, 3.05) is 13.2 Å². The third-order valence-corrected chi connectivity index (χ3v) is 8.76. The number of rotatable bonds is 35. The van der Waals surface area contributed by atoms with Crippen LogP contribution >= 0.6 is 0 Å². The van der Waals surface area contributed by atoms with Gasteiger partial charge >= 0.3 is 11.9 Å². The van der Waals surface area contributed by atoms with E-state index in [1.165, 1.54) is 89.9 Å². The number of hydrogen-bond donors (Lipinski definition) is 4. The number of aliphatic hydroxyl groups is 1. The van der Waals surface area contributed by atoms with Gasteiger partial charge < -0.3 is 25.6 Å². The number of carbonyl (C=O) groups is 4. The van der Waals surface area contributed by atoms with Gasteiger partial charge in [0, 0.05) is 12.8 Å². The summed E-state index contributed by atoms with van der Waals surface area (Å²) in [6.45, 7) is 3.45. The van der Waals surface area contributed by atoms with Gasteiger partial charge in [0.05, 0.1) is 13.2 Å². The van der Waals surface area contributed by atoms with Crippen LogP contribution in [0.25, 0.3) is 0 Å². The number of aliphatic carboxylic acids is 1. The lowest BCUT2D eigenvalue weighted by Crippen LogP contribution is -2.47. The fraction of sp³-hybridized carbons (Fsp3) is 0.846. The molecule has 0 saturated carbocycles. The van der Waals surface area contributed by atoms with Crippen LogP contribution in [0.3, 0.4) is 0 Å². The average molecular weight is 681 g/mol. The predicted octanol–water partition coefficient (Wildman–Crippen LogP) is 8.70. The third-order valence-electron chi connectivity index (χ3n) is 8.76. The zero-order valence-corrected chi connectivity index (χ0v) is 30.8. The van der Waals surface area contributed by atoms with E-state index in [0.29, 0.717) is 19.3 Å². The van der Waals surface area contributed by atoms with Crippen molar-refractivity contribution in [1.82, 2.24) is 10.6 Å². The van der Waals surface area contributed by atoms with Crippen LogP contribution in [0.4, 0.5) is 0 Å². The van der Waals surface area contributed by atoms with Crippen LogP contribution in [0.5, 0.6) is 0 Å². The molecule has 0 radical (unpaired) electrons. The average Bonchev–Trinajstić information content (AvgIpc) is 3.07. The van der Waals surface area contributed by atoms with Gasteiger partial charge in [0.2, 0.25) is 11.8 Å². The highest BCUT2D eigenvalue weighted by Gasteiger charge is 2.19. The summed E-state index contributed by atoms with van der Waals surface area (Å²) in [5.41, 5.74) is 0. The van der Waals surface area contributed by atoms with Gasteiger partial charge in [-0.3, -0.25) is 14.4 Å². The van der Waals surface area contributed by atoms with Gasteiger partial charge in [-0.15, -0.1) is 0 Å². The largest absolute Gasteiger partial charge is 0.480 e. The number of allylic oxidation sites excluding steroid dienone is 2. The molecule has 9 nitrogen and oxygen atoms in total. The molecule has 0 bridgehead atoms. The summed E-state index contributed by atoms with van der Waals surface area (Å²) in [4.78, 5) is 47.3. The van der Waals surface area contributed by atoms with Gasteiger partial charge in [0.1, 0.15) is 12.1 Å². The number of nitrogens with one attached hydrogen (secondary N) is 2. The van der Waals surface area contributed by atoms with Crippen LogP contribution < -0.4 is 10.6 Å². The van der Waals surface area contributed by atoms with Gasteiger partial charge in [0.25, 0.3) is 0 Å². The molecule has 0 rings (SSSR count). The fourth-order valence-corrected chi connectivity index (χ4v) is 5.71. The minimum absolute atomic E-state index is 0.00890. The lowest BCUT2D eigenvalue weighted by Gasteiger charge is -2.18. The van der Waals surface area contributed by atoms with Crippen molar-refractivity contribution in [3.63, 3.8) is 0 Å². The van der Waals surface area contributed by atoms with Gasteiger partial charge in [-0.1, -0.05) is 122 Å². The summed E-state index contributed by atoms with van der Waals surface area (Å²) in [5.74, 6) is -2.30. The maximum Gasteiger partial charge on any atom is 0.328 e. The van der Waals surface area contributed by atoms with Crippen LogP contribution in [0.15, 0.2) is 12.2 Å². The van der Waals surface area contributed by atoms with Crippen LogP contribution in [0, 0.1) is 0 Å². The van der Waals surface area contributed by atoms with E-state index in [1.54, 1.807) is 0 Å². The topological polar surface area (TPSA) is 142 Å². The predicted molar refractivity (Wildman–Crippen MR) is 195 cm³/mol. The van der Waals surface area contributed by atoms with E-state index >= 15 is 0 Å². The van der Waals surface area contributed by atoms with E-state index in [-0.39, 0.29) is 24.5 Å². The maximum absolute atomic E-state index is 12.7. The second-order valence-electron chi connectivity index (χ2n) is 13.4. The molecule has 0 spiro atoms. The highest BCUT2D eigenvalue weighted by molar-refractivity contribution is 5.87. The first kappa shape index (κ1) is 45.6. The first-order valence-electron chi connectivity index (χ1n) is 19.6. The van der Waals surface area contributed by atoms with Crippen molar-refractivity contribution < 1.29 is 34.1 Å². The number of ether oxygens (including phenoxy) is 1. The lowest BCUT2D eigenvalue weighted by molar-refractivity contribution is -0.150. The monoisotopic (exact) mass is 681 g/mol. The van der Waals surface area contributed by atoms with E-state index < -0.39 is 24.5 Å². The van der Waals surface area contributed by atoms with Crippen LogP contribution in [0.1, 0.15) is 187 Å². The quantitative estimate of drug-likeness (QED) is 0.0298. The highest BCUT2D eigenvalue weighted by atomic mass is 16.5. The molecular weight excluding hydrogens is 608 g/mol. The minimum Gasteiger partial charge on any atom is -0.480 e. The Hall–Kier alpha value is -2.42. The van der Waals surface area contributed by atoms with Crippen molar-refractivity contribution in [3.05, 3.63) is 12.2 Å². The molecule has 0 aliphatic heterocycles. The van der Waals surface area contributed by atoms with Crippen LogP contribution in [-0.2, 0) is 23.9 Å². The smallest absolute Gasteiger partial charge is 0.328 e. The molecule has 0 heterocycles. The highest BCUT2D eigenvalue weighted by Crippen LogP contribution is 2.18. The summed E-state index contributed by atoms with van der Waals surface area (Å²) < 4.78 is 5.97. The van der Waals surface area contributed by atoms with E-state index in [2.05, 4.69) is 36.6 Å². The van der Waals surface area contributed by atoms with Crippen LogP contribution in [0.2, 0.25) is 0 Å². The number of hydrogen-bond acceptors (Lipinski definition) is 6. The number of aliphatic hydroxyl groups excluding tert-OH is 1. The summed E-state index contributed by atoms with van der Waals surface area (Å²) in [7, 11) is 0. The summed E-state index contributed by atoms with van der Waals surface area (Å²) >= 11 is 0. The molecule has 0 aromatic carbocycles. The van der Waals surface area contributed by atoms with Crippen molar-refractivity contribution in [1.29, 1.82) is 0 Å². The third kappa shape index (κ3) is 30.9. The molecule has 0 aromatic rings. The molecule has 2 atom stereocenters. The maximum atomic E-state index is 12.7. The number of esters is 1. The molecule has 48 heavy (non-hydrogen) atoms. The zero-order chi connectivity index (χ0) is 35.5. The Morgan fingerprint density at radius 1 is 0.604 bits per heavy atom. The van der Waals surface area contributed by atoms with Gasteiger partial charge in [0.15, 0.2) is 0 Å². The van der Waals surface area contributed by atoms with E-state index in [4.69, 9.17) is 14.9 Å². The molecule has 2 unspecified atom stereocenters. The van der Waals surface area contributed by atoms with Crippen molar-refractivity contribution in [3.8, 4) is 0 Å². The molecule has 0 aliphatic carbocycles. The normalized spacial score (nSPS) is 12.6. The molecule has 0 saturated heterocycles.